The summed E-state index contributed by atoms with van der Waals surface area (Å²) < 4.78 is 5.58. The predicted octanol–water partition coefficient (Wildman–Crippen LogP) is 4.99. The van der Waals surface area contributed by atoms with Crippen LogP contribution in [-0.4, -0.2) is 6.61 Å². The Balaban J connectivity index is 1.99. The van der Waals surface area contributed by atoms with E-state index in [1.54, 1.807) is 11.8 Å². The fourth-order valence-corrected chi connectivity index (χ4v) is 3.83. The van der Waals surface area contributed by atoms with Crippen molar-refractivity contribution in [3.05, 3.63) is 52.5 Å². The lowest BCUT2D eigenvalue weighted by atomic mass is 10.0. The fourth-order valence-electron chi connectivity index (χ4n) is 2.36. The Bertz CT molecular complexity index is 610. The zero-order chi connectivity index (χ0) is 13.2. The molecule has 0 atom stereocenters. The Morgan fingerprint density at radius 1 is 1.16 bits per heavy atom. The summed E-state index contributed by atoms with van der Waals surface area (Å²) >= 11 is 8.10. The smallest absolute Gasteiger partial charge is 0.119 e. The lowest BCUT2D eigenvalue weighted by molar-refractivity contribution is 0.339. The van der Waals surface area contributed by atoms with Gasteiger partial charge in [-0.1, -0.05) is 29.4 Å². The third-order valence-electron chi connectivity index (χ3n) is 3.28. The summed E-state index contributed by atoms with van der Waals surface area (Å²) in [6, 6.07) is 12.5. The SMILES string of the molecule is CCOc1ccc2c(c1)CCc1c(Cl)cccc1S2. The Morgan fingerprint density at radius 3 is 2.89 bits per heavy atom. The van der Waals surface area contributed by atoms with Crippen LogP contribution in [0.25, 0.3) is 0 Å². The number of aryl methyl sites for hydroxylation is 1. The topological polar surface area (TPSA) is 9.23 Å². The maximum atomic E-state index is 6.30. The molecule has 0 fully saturated rings. The summed E-state index contributed by atoms with van der Waals surface area (Å²) in [6.07, 6.45) is 2.00. The average Bonchev–Trinajstić information content (AvgIpc) is 2.59. The molecule has 0 aromatic heterocycles. The van der Waals surface area contributed by atoms with Gasteiger partial charge in [-0.25, -0.2) is 0 Å². The van der Waals surface area contributed by atoms with Crippen LogP contribution in [-0.2, 0) is 12.8 Å². The van der Waals surface area contributed by atoms with Crippen LogP contribution in [0.2, 0.25) is 5.02 Å². The highest BCUT2D eigenvalue weighted by atomic mass is 35.5. The maximum Gasteiger partial charge on any atom is 0.119 e. The number of hydrogen-bond acceptors (Lipinski definition) is 2. The molecule has 0 saturated carbocycles. The van der Waals surface area contributed by atoms with Gasteiger partial charge in [0, 0.05) is 14.8 Å². The molecule has 1 aliphatic rings. The number of benzene rings is 2. The molecule has 3 heteroatoms. The lowest BCUT2D eigenvalue weighted by Gasteiger charge is -2.08. The highest BCUT2D eigenvalue weighted by Crippen LogP contribution is 2.40. The van der Waals surface area contributed by atoms with E-state index in [9.17, 15) is 0 Å². The third-order valence-corrected chi connectivity index (χ3v) is 4.86. The standard InChI is InChI=1S/C16H15ClOS/c1-2-18-12-7-9-15-11(10-12)6-8-13-14(17)4-3-5-16(13)19-15/h3-5,7,9-10H,2,6,8H2,1H3. The van der Waals surface area contributed by atoms with Crippen molar-refractivity contribution in [3.8, 4) is 5.75 Å². The molecule has 1 nitrogen and oxygen atoms in total. The highest BCUT2D eigenvalue weighted by molar-refractivity contribution is 7.99. The van der Waals surface area contributed by atoms with Crippen molar-refractivity contribution < 1.29 is 4.74 Å². The molecular formula is C16H15ClOS. The fraction of sp³-hybridized carbons (Fsp3) is 0.250. The van der Waals surface area contributed by atoms with E-state index in [-0.39, 0.29) is 0 Å². The van der Waals surface area contributed by atoms with E-state index >= 15 is 0 Å². The molecule has 19 heavy (non-hydrogen) atoms. The number of rotatable bonds is 2. The summed E-state index contributed by atoms with van der Waals surface area (Å²) in [4.78, 5) is 2.58. The van der Waals surface area contributed by atoms with Gasteiger partial charge in [0.2, 0.25) is 0 Å². The van der Waals surface area contributed by atoms with Crippen LogP contribution in [0.15, 0.2) is 46.2 Å². The molecule has 2 aromatic carbocycles. The van der Waals surface area contributed by atoms with Crippen molar-refractivity contribution in [1.82, 2.24) is 0 Å². The first-order valence-corrected chi connectivity index (χ1v) is 7.68. The van der Waals surface area contributed by atoms with E-state index in [1.807, 2.05) is 25.1 Å². The zero-order valence-corrected chi connectivity index (χ0v) is 12.4. The van der Waals surface area contributed by atoms with E-state index in [0.29, 0.717) is 6.61 Å². The summed E-state index contributed by atoms with van der Waals surface area (Å²) in [7, 11) is 0. The minimum atomic E-state index is 0.706. The second-order valence-electron chi connectivity index (χ2n) is 4.52. The first-order valence-electron chi connectivity index (χ1n) is 6.49. The molecule has 0 radical (unpaired) electrons. The largest absolute Gasteiger partial charge is 0.494 e. The molecule has 1 aliphatic heterocycles. The quantitative estimate of drug-likeness (QED) is 0.771. The van der Waals surface area contributed by atoms with Crippen molar-refractivity contribution >= 4 is 23.4 Å². The van der Waals surface area contributed by atoms with Gasteiger partial charge in [-0.15, -0.1) is 0 Å². The van der Waals surface area contributed by atoms with Crippen LogP contribution in [0.4, 0.5) is 0 Å². The number of ether oxygens (including phenoxy) is 1. The maximum absolute atomic E-state index is 6.30. The molecule has 2 aromatic rings. The van der Waals surface area contributed by atoms with Crippen molar-refractivity contribution in [2.45, 2.75) is 29.6 Å². The molecule has 1 heterocycles. The molecule has 0 bridgehead atoms. The molecule has 0 unspecified atom stereocenters. The van der Waals surface area contributed by atoms with E-state index in [2.05, 4.69) is 18.2 Å². The Kier molecular flexibility index (Phi) is 3.72. The Labute approximate surface area is 122 Å². The molecule has 0 aliphatic carbocycles. The minimum absolute atomic E-state index is 0.706. The monoisotopic (exact) mass is 290 g/mol. The minimum Gasteiger partial charge on any atom is -0.494 e. The molecular weight excluding hydrogens is 276 g/mol. The van der Waals surface area contributed by atoms with Gasteiger partial charge in [-0.2, -0.15) is 0 Å². The summed E-state index contributed by atoms with van der Waals surface area (Å²) in [5.41, 5.74) is 2.62. The van der Waals surface area contributed by atoms with Crippen LogP contribution in [0.3, 0.4) is 0 Å². The Morgan fingerprint density at radius 2 is 2.05 bits per heavy atom. The molecule has 0 saturated heterocycles. The second-order valence-corrected chi connectivity index (χ2v) is 6.01. The van der Waals surface area contributed by atoms with Crippen molar-refractivity contribution in [2.24, 2.45) is 0 Å². The lowest BCUT2D eigenvalue weighted by Crippen LogP contribution is -1.95. The van der Waals surface area contributed by atoms with Crippen LogP contribution in [0.1, 0.15) is 18.1 Å². The highest BCUT2D eigenvalue weighted by Gasteiger charge is 2.16. The first-order chi connectivity index (χ1) is 9.28. The Hall–Kier alpha value is -1.12. The summed E-state index contributed by atoms with van der Waals surface area (Å²) in [5, 5.41) is 0.878. The average molecular weight is 291 g/mol. The first kappa shape index (κ1) is 12.9. The van der Waals surface area contributed by atoms with Crippen LogP contribution >= 0.6 is 23.4 Å². The normalized spacial score (nSPS) is 13.4. The van der Waals surface area contributed by atoms with Crippen molar-refractivity contribution in [1.29, 1.82) is 0 Å². The molecule has 0 N–H and O–H groups in total. The molecule has 0 spiro atoms. The van der Waals surface area contributed by atoms with Gasteiger partial charge in [0.1, 0.15) is 5.75 Å². The van der Waals surface area contributed by atoms with Gasteiger partial charge < -0.3 is 4.74 Å². The van der Waals surface area contributed by atoms with Crippen LogP contribution in [0.5, 0.6) is 5.75 Å². The summed E-state index contributed by atoms with van der Waals surface area (Å²) in [5.74, 6) is 0.957. The number of halogens is 1. The van der Waals surface area contributed by atoms with Gasteiger partial charge in [0.15, 0.2) is 0 Å². The molecule has 98 valence electrons. The van der Waals surface area contributed by atoms with Gasteiger partial charge >= 0.3 is 0 Å². The van der Waals surface area contributed by atoms with Crippen molar-refractivity contribution in [2.75, 3.05) is 6.61 Å². The number of fused-ring (bicyclic) bond motifs is 2. The predicted molar refractivity (Wildman–Crippen MR) is 80.6 cm³/mol. The summed E-state index contributed by atoms with van der Waals surface area (Å²) in [6.45, 7) is 2.72. The van der Waals surface area contributed by atoms with Crippen LogP contribution < -0.4 is 4.74 Å². The van der Waals surface area contributed by atoms with Gasteiger partial charge in [-0.3, -0.25) is 0 Å². The van der Waals surface area contributed by atoms with Gasteiger partial charge in [0.25, 0.3) is 0 Å². The van der Waals surface area contributed by atoms with Gasteiger partial charge in [0.05, 0.1) is 6.61 Å². The van der Waals surface area contributed by atoms with Crippen LogP contribution in [0, 0.1) is 0 Å². The van der Waals surface area contributed by atoms with Gasteiger partial charge in [-0.05, 0) is 61.2 Å². The number of hydrogen-bond donors (Lipinski definition) is 0. The van der Waals surface area contributed by atoms with E-state index in [4.69, 9.17) is 16.3 Å². The van der Waals surface area contributed by atoms with Crippen molar-refractivity contribution in [3.63, 3.8) is 0 Å². The van der Waals surface area contributed by atoms with E-state index < -0.39 is 0 Å². The second kappa shape index (κ2) is 5.48. The third kappa shape index (κ3) is 2.60. The van der Waals surface area contributed by atoms with E-state index in [0.717, 1.165) is 23.6 Å². The molecule has 3 rings (SSSR count). The van der Waals surface area contributed by atoms with E-state index in [1.165, 1.54) is 20.9 Å². The zero-order valence-electron chi connectivity index (χ0n) is 10.8. The molecule has 0 amide bonds.